The number of hydrogen-bond acceptors (Lipinski definition) is 4. The van der Waals surface area contributed by atoms with Crippen LogP contribution in [0.5, 0.6) is 0 Å². The van der Waals surface area contributed by atoms with Crippen LogP contribution < -0.4 is 15.4 Å². The minimum atomic E-state index is -4.13. The summed E-state index contributed by atoms with van der Waals surface area (Å²) in [5.41, 5.74) is 0. The van der Waals surface area contributed by atoms with Crippen LogP contribution in [0, 0.1) is 11.7 Å². The van der Waals surface area contributed by atoms with Crippen molar-refractivity contribution in [2.45, 2.75) is 44.7 Å². The summed E-state index contributed by atoms with van der Waals surface area (Å²) in [4.78, 5) is 11.9. The fraction of sp³-hybridized carbons (Fsp3) is 0.562. The van der Waals surface area contributed by atoms with E-state index in [4.69, 9.17) is 0 Å². The molecule has 6 nitrogen and oxygen atoms in total. The van der Waals surface area contributed by atoms with E-state index in [0.29, 0.717) is 6.54 Å². The zero-order valence-electron chi connectivity index (χ0n) is 14.5. The van der Waals surface area contributed by atoms with Crippen LogP contribution in [0.4, 0.5) is 4.39 Å². The summed E-state index contributed by atoms with van der Waals surface area (Å²) in [6.07, 6.45) is 0. The summed E-state index contributed by atoms with van der Waals surface area (Å²) in [6.45, 7) is 8.46. The molecule has 1 aromatic rings. The van der Waals surface area contributed by atoms with Gasteiger partial charge in [0.1, 0.15) is 16.8 Å². The molecule has 3 N–H and O–H groups in total. The largest absolute Gasteiger partial charge is 0.353 e. The first-order valence-corrected chi connectivity index (χ1v) is 9.45. The predicted octanol–water partition coefficient (Wildman–Crippen LogP) is 1.24. The smallest absolute Gasteiger partial charge is 0.244 e. The monoisotopic (exact) mass is 359 g/mol. The number of halogens is 1. The average molecular weight is 359 g/mol. The van der Waals surface area contributed by atoms with Crippen LogP contribution in [0.3, 0.4) is 0 Å². The first-order valence-electron chi connectivity index (χ1n) is 7.97. The third-order valence-corrected chi connectivity index (χ3v) is 4.97. The fourth-order valence-corrected chi connectivity index (χ4v) is 3.59. The van der Waals surface area contributed by atoms with E-state index in [1.807, 2.05) is 13.8 Å². The molecule has 0 heterocycles. The van der Waals surface area contributed by atoms with Crippen molar-refractivity contribution in [2.75, 3.05) is 13.1 Å². The summed E-state index contributed by atoms with van der Waals surface area (Å²) in [5, 5.41) is 5.86. The molecule has 0 aliphatic carbocycles. The lowest BCUT2D eigenvalue weighted by Gasteiger charge is -2.23. The summed E-state index contributed by atoms with van der Waals surface area (Å²) in [6, 6.07) is 4.15. The molecule has 1 aromatic carbocycles. The van der Waals surface area contributed by atoms with Crippen LogP contribution >= 0.6 is 0 Å². The number of nitrogens with one attached hydrogen (secondary N) is 3. The lowest BCUT2D eigenvalue weighted by atomic mass is 10.1. The molecule has 8 heteroatoms. The van der Waals surface area contributed by atoms with Gasteiger partial charge >= 0.3 is 0 Å². The van der Waals surface area contributed by atoms with E-state index in [9.17, 15) is 17.6 Å². The van der Waals surface area contributed by atoms with E-state index in [-0.39, 0.29) is 12.0 Å². The minimum absolute atomic E-state index is 0.0648. The third kappa shape index (κ3) is 5.85. The summed E-state index contributed by atoms with van der Waals surface area (Å²) >= 11 is 0. The van der Waals surface area contributed by atoms with Gasteiger partial charge in [-0.2, -0.15) is 4.72 Å². The third-order valence-electron chi connectivity index (χ3n) is 3.49. The molecule has 0 aliphatic heterocycles. The van der Waals surface area contributed by atoms with Gasteiger partial charge in [0.2, 0.25) is 15.9 Å². The molecule has 0 fully saturated rings. The van der Waals surface area contributed by atoms with Crippen LogP contribution in [0.2, 0.25) is 0 Å². The van der Waals surface area contributed by atoms with Crippen molar-refractivity contribution in [1.82, 2.24) is 15.4 Å². The Labute approximate surface area is 143 Å². The molecule has 2 atom stereocenters. The highest BCUT2D eigenvalue weighted by atomic mass is 32.2. The number of carbonyl (C=O) groups excluding carboxylic acids is 1. The molecule has 0 aromatic heterocycles. The number of rotatable bonds is 9. The Morgan fingerprint density at radius 2 is 1.83 bits per heavy atom. The van der Waals surface area contributed by atoms with Gasteiger partial charge in [-0.05, 0) is 31.5 Å². The minimum Gasteiger partial charge on any atom is -0.353 e. The number of hydrogen-bond donors (Lipinski definition) is 3. The Morgan fingerprint density at radius 3 is 2.38 bits per heavy atom. The zero-order chi connectivity index (χ0) is 18.3. The maximum atomic E-state index is 13.7. The van der Waals surface area contributed by atoms with Crippen molar-refractivity contribution >= 4 is 15.9 Å². The van der Waals surface area contributed by atoms with Crippen LogP contribution in [-0.4, -0.2) is 39.5 Å². The molecule has 1 rings (SSSR count). The highest BCUT2D eigenvalue weighted by molar-refractivity contribution is 7.89. The second kappa shape index (κ2) is 9.10. The van der Waals surface area contributed by atoms with Gasteiger partial charge in [0, 0.05) is 12.6 Å². The zero-order valence-corrected chi connectivity index (χ0v) is 15.3. The number of benzene rings is 1. The van der Waals surface area contributed by atoms with Gasteiger partial charge in [-0.1, -0.05) is 32.9 Å². The maximum Gasteiger partial charge on any atom is 0.244 e. The highest BCUT2D eigenvalue weighted by Gasteiger charge is 2.29. The van der Waals surface area contributed by atoms with Crippen LogP contribution in [0.15, 0.2) is 29.2 Å². The van der Waals surface area contributed by atoms with Gasteiger partial charge in [0.25, 0.3) is 0 Å². The van der Waals surface area contributed by atoms with Gasteiger partial charge in [-0.25, -0.2) is 12.8 Å². The number of likely N-dealkylation sites (N-methyl/N-ethyl adjacent to an activating group) is 1. The van der Waals surface area contributed by atoms with Gasteiger partial charge in [-0.3, -0.25) is 4.79 Å². The second-order valence-electron chi connectivity index (χ2n) is 5.98. The van der Waals surface area contributed by atoms with E-state index >= 15 is 0 Å². The molecule has 0 aliphatic rings. The van der Waals surface area contributed by atoms with Gasteiger partial charge in [0.15, 0.2) is 0 Å². The van der Waals surface area contributed by atoms with E-state index in [0.717, 1.165) is 12.6 Å². The molecule has 24 heavy (non-hydrogen) atoms. The van der Waals surface area contributed by atoms with Gasteiger partial charge in [0.05, 0.1) is 0 Å². The van der Waals surface area contributed by atoms with Gasteiger partial charge < -0.3 is 10.6 Å². The molecule has 1 amide bonds. The Morgan fingerprint density at radius 1 is 1.21 bits per heavy atom. The van der Waals surface area contributed by atoms with Crippen molar-refractivity contribution < 1.29 is 17.6 Å². The molecular formula is C16H26FN3O3S. The fourth-order valence-electron chi connectivity index (χ4n) is 2.17. The molecule has 0 spiro atoms. The SMILES string of the molecule is CCN[C@H](C)CNC(=O)C(NS(=O)(=O)c1ccccc1F)C(C)C. The molecule has 1 unspecified atom stereocenters. The predicted molar refractivity (Wildman–Crippen MR) is 91.5 cm³/mol. The van der Waals surface area contributed by atoms with Crippen molar-refractivity contribution in [3.63, 3.8) is 0 Å². The Hall–Kier alpha value is -1.51. The molecule has 136 valence electrons. The average Bonchev–Trinajstić information content (AvgIpc) is 2.50. The summed E-state index contributed by atoms with van der Waals surface area (Å²) in [7, 11) is -4.13. The summed E-state index contributed by atoms with van der Waals surface area (Å²) in [5.74, 6) is -1.58. The first-order chi connectivity index (χ1) is 11.2. The number of sulfonamides is 1. The van der Waals surface area contributed by atoms with Crippen molar-refractivity contribution in [1.29, 1.82) is 0 Å². The highest BCUT2D eigenvalue weighted by Crippen LogP contribution is 2.15. The molecule has 0 saturated carbocycles. The standard InChI is InChI=1S/C16H26FN3O3S/c1-5-18-12(4)10-19-16(21)15(11(2)3)20-24(22,23)14-9-7-6-8-13(14)17/h6-9,11-12,15,18,20H,5,10H2,1-4H3,(H,19,21)/t12-,15?/m1/s1. The second-order valence-corrected chi connectivity index (χ2v) is 7.66. The van der Waals surface area contributed by atoms with E-state index in [1.54, 1.807) is 13.8 Å². The van der Waals surface area contributed by atoms with Crippen LogP contribution in [-0.2, 0) is 14.8 Å². The van der Waals surface area contributed by atoms with Crippen molar-refractivity contribution in [3.05, 3.63) is 30.1 Å². The molecule has 0 saturated heterocycles. The van der Waals surface area contributed by atoms with Crippen LogP contribution in [0.25, 0.3) is 0 Å². The lowest BCUT2D eigenvalue weighted by Crippen LogP contribution is -2.51. The quantitative estimate of drug-likeness (QED) is 0.619. The molecule has 0 bridgehead atoms. The normalized spacial score (nSPS) is 14.4. The summed E-state index contributed by atoms with van der Waals surface area (Å²) < 4.78 is 40.8. The van der Waals surface area contributed by atoms with Crippen LogP contribution in [0.1, 0.15) is 27.7 Å². The molecular weight excluding hydrogens is 333 g/mol. The van der Waals surface area contributed by atoms with E-state index < -0.39 is 32.7 Å². The lowest BCUT2D eigenvalue weighted by molar-refractivity contribution is -0.123. The van der Waals surface area contributed by atoms with E-state index in [1.165, 1.54) is 18.2 Å². The Kier molecular flexibility index (Phi) is 7.78. The number of amides is 1. The number of carbonyl (C=O) groups is 1. The van der Waals surface area contributed by atoms with Crippen molar-refractivity contribution in [3.8, 4) is 0 Å². The maximum absolute atomic E-state index is 13.7. The Balaban J connectivity index is 2.86. The van der Waals surface area contributed by atoms with Crippen molar-refractivity contribution in [2.24, 2.45) is 5.92 Å². The first kappa shape index (κ1) is 20.5. The van der Waals surface area contributed by atoms with E-state index in [2.05, 4.69) is 15.4 Å². The Bertz CT molecular complexity index is 650. The van der Waals surface area contributed by atoms with Gasteiger partial charge in [-0.15, -0.1) is 0 Å². The molecule has 0 radical (unpaired) electrons. The topological polar surface area (TPSA) is 87.3 Å².